The van der Waals surface area contributed by atoms with Crippen molar-refractivity contribution in [2.24, 2.45) is 0 Å². The summed E-state index contributed by atoms with van der Waals surface area (Å²) in [6.45, 7) is 1.41. The predicted molar refractivity (Wildman–Crippen MR) is 55.0 cm³/mol. The Balaban J connectivity index is 2.99. The van der Waals surface area contributed by atoms with Gasteiger partial charge in [0.25, 0.3) is 0 Å². The zero-order chi connectivity index (χ0) is 12.3. The van der Waals surface area contributed by atoms with Crippen LogP contribution in [0.5, 0.6) is 0 Å². The molecule has 0 radical (unpaired) electrons. The zero-order valence-electron chi connectivity index (χ0n) is 8.27. The summed E-state index contributed by atoms with van der Waals surface area (Å²) in [7, 11) is 0. The lowest BCUT2D eigenvalue weighted by atomic mass is 10.0. The zero-order valence-corrected chi connectivity index (χ0v) is 9.08. The molecule has 2 N–H and O–H groups in total. The van der Waals surface area contributed by atoms with Crippen LogP contribution in [-0.4, -0.2) is 19.8 Å². The van der Waals surface area contributed by atoms with Crippen LogP contribution < -0.4 is 4.72 Å². The van der Waals surface area contributed by atoms with E-state index in [1.807, 2.05) is 4.72 Å². The van der Waals surface area contributed by atoms with E-state index in [0.29, 0.717) is 0 Å². The normalized spacial score (nSPS) is 14.2. The Morgan fingerprint density at radius 1 is 1.62 bits per heavy atom. The summed E-state index contributed by atoms with van der Waals surface area (Å²) in [6, 6.07) is 3.53. The molecule has 5 nitrogen and oxygen atoms in total. The maximum atomic E-state index is 13.3. The Hall–Kier alpha value is -1.47. The molecule has 0 aromatic heterocycles. The van der Waals surface area contributed by atoms with Gasteiger partial charge >= 0.3 is 5.97 Å². The summed E-state index contributed by atoms with van der Waals surface area (Å²) in [5.74, 6) is -2.73. The predicted octanol–water partition coefficient (Wildman–Crippen LogP) is 1.22. The minimum atomic E-state index is -2.61. The van der Waals surface area contributed by atoms with Crippen LogP contribution in [0.4, 0.5) is 10.1 Å². The third-order valence-electron chi connectivity index (χ3n) is 2.06. The summed E-state index contributed by atoms with van der Waals surface area (Å²) in [6.07, 6.45) is 0. The van der Waals surface area contributed by atoms with Gasteiger partial charge in [0, 0.05) is 11.3 Å². The van der Waals surface area contributed by atoms with Crippen molar-refractivity contribution in [3.05, 3.63) is 29.6 Å². The van der Waals surface area contributed by atoms with E-state index in [2.05, 4.69) is 0 Å². The van der Waals surface area contributed by atoms with Crippen LogP contribution in [0.15, 0.2) is 18.2 Å². The molecule has 1 rings (SSSR count). The minimum absolute atomic E-state index is 0.213. The van der Waals surface area contributed by atoms with Crippen LogP contribution in [0.1, 0.15) is 18.4 Å². The lowest BCUT2D eigenvalue weighted by molar-refractivity contribution is -0.138. The second-order valence-electron chi connectivity index (χ2n) is 3.14. The number of nitrogens with one attached hydrogen (secondary N) is 1. The molecule has 7 heteroatoms. The standard InChI is InChI=1S/C9H10FNO4S/c1-5(9(12)13)6-2-3-8(7(10)4-6)11-16(14)15/h2-5,11H,1H3,(H,12,13)(H,14,15)/p-1. The van der Waals surface area contributed by atoms with Crippen molar-refractivity contribution in [3.8, 4) is 0 Å². The highest BCUT2D eigenvalue weighted by Crippen LogP contribution is 2.21. The lowest BCUT2D eigenvalue weighted by Crippen LogP contribution is -2.09. The minimum Gasteiger partial charge on any atom is -0.755 e. The first-order valence-corrected chi connectivity index (χ1v) is 5.37. The second-order valence-corrected chi connectivity index (χ2v) is 3.81. The molecule has 0 spiro atoms. The van der Waals surface area contributed by atoms with Crippen LogP contribution in [0.25, 0.3) is 0 Å². The van der Waals surface area contributed by atoms with Crippen molar-refractivity contribution in [1.82, 2.24) is 0 Å². The molecule has 0 heterocycles. The van der Waals surface area contributed by atoms with Crippen molar-refractivity contribution in [1.29, 1.82) is 0 Å². The van der Waals surface area contributed by atoms with Gasteiger partial charge < -0.3 is 14.4 Å². The summed E-state index contributed by atoms with van der Waals surface area (Å²) >= 11 is -2.61. The van der Waals surface area contributed by atoms with Crippen molar-refractivity contribution in [2.45, 2.75) is 12.8 Å². The number of aliphatic carboxylic acids is 1. The van der Waals surface area contributed by atoms with Gasteiger partial charge in [-0.3, -0.25) is 9.00 Å². The molecule has 1 aromatic rings. The number of hydrogen-bond acceptors (Lipinski definition) is 3. The molecule has 2 atom stereocenters. The fourth-order valence-electron chi connectivity index (χ4n) is 1.12. The largest absolute Gasteiger partial charge is 0.755 e. The van der Waals surface area contributed by atoms with E-state index in [9.17, 15) is 17.9 Å². The van der Waals surface area contributed by atoms with Crippen LogP contribution in [-0.2, 0) is 16.1 Å². The van der Waals surface area contributed by atoms with Crippen LogP contribution in [0, 0.1) is 5.82 Å². The Morgan fingerprint density at radius 2 is 2.25 bits per heavy atom. The Kier molecular flexibility index (Phi) is 3.97. The van der Waals surface area contributed by atoms with E-state index >= 15 is 0 Å². The molecule has 0 fully saturated rings. The molecule has 0 aliphatic heterocycles. The van der Waals surface area contributed by atoms with Gasteiger partial charge in [-0.05, 0) is 24.6 Å². The maximum Gasteiger partial charge on any atom is 0.310 e. The summed E-state index contributed by atoms with van der Waals surface area (Å²) < 4.78 is 35.7. The average Bonchev–Trinajstić information content (AvgIpc) is 2.19. The van der Waals surface area contributed by atoms with Crippen molar-refractivity contribution in [2.75, 3.05) is 4.72 Å². The quantitative estimate of drug-likeness (QED) is 0.781. The van der Waals surface area contributed by atoms with E-state index in [1.54, 1.807) is 0 Å². The fraction of sp³-hybridized carbons (Fsp3) is 0.222. The first-order chi connectivity index (χ1) is 7.41. The SMILES string of the molecule is CC(C(=O)O)c1ccc(NS(=O)[O-])c(F)c1. The van der Waals surface area contributed by atoms with Crippen molar-refractivity contribution < 1.29 is 23.1 Å². The van der Waals surface area contributed by atoms with Gasteiger partial charge in [0.05, 0.1) is 11.6 Å². The molecule has 16 heavy (non-hydrogen) atoms. The summed E-state index contributed by atoms with van der Waals surface area (Å²) in [4.78, 5) is 10.6. The number of benzene rings is 1. The third kappa shape index (κ3) is 3.01. The van der Waals surface area contributed by atoms with Gasteiger partial charge in [0.1, 0.15) is 5.82 Å². The number of halogens is 1. The first-order valence-electron chi connectivity index (χ1n) is 4.30. The Labute approximate surface area is 93.7 Å². The molecule has 0 bridgehead atoms. The average molecular weight is 246 g/mol. The molecule has 2 unspecified atom stereocenters. The second kappa shape index (κ2) is 5.04. The van der Waals surface area contributed by atoms with Gasteiger partial charge in [-0.15, -0.1) is 0 Å². The first kappa shape index (κ1) is 12.6. The molecule has 0 amide bonds. The monoisotopic (exact) mass is 246 g/mol. The van der Waals surface area contributed by atoms with Gasteiger partial charge in [-0.25, -0.2) is 4.39 Å². The number of carboxylic acid groups (broad SMARTS) is 1. The van der Waals surface area contributed by atoms with E-state index < -0.39 is 29.0 Å². The van der Waals surface area contributed by atoms with Crippen molar-refractivity contribution >= 4 is 22.9 Å². The Bertz CT molecular complexity index is 438. The smallest absolute Gasteiger partial charge is 0.310 e. The van der Waals surface area contributed by atoms with E-state index in [0.717, 1.165) is 6.07 Å². The highest BCUT2D eigenvalue weighted by atomic mass is 32.2. The van der Waals surface area contributed by atoms with Gasteiger partial charge in [0.2, 0.25) is 0 Å². The van der Waals surface area contributed by atoms with Gasteiger partial charge in [-0.2, -0.15) is 0 Å². The molecular weight excluding hydrogens is 237 g/mol. The highest BCUT2D eigenvalue weighted by molar-refractivity contribution is 7.80. The maximum absolute atomic E-state index is 13.3. The lowest BCUT2D eigenvalue weighted by Gasteiger charge is -2.12. The number of rotatable bonds is 4. The number of anilines is 1. The highest BCUT2D eigenvalue weighted by Gasteiger charge is 2.15. The van der Waals surface area contributed by atoms with E-state index in [4.69, 9.17) is 5.11 Å². The molecule has 88 valence electrons. The number of hydrogen-bond donors (Lipinski definition) is 2. The fourth-order valence-corrected chi connectivity index (χ4v) is 1.46. The molecule has 0 aliphatic rings. The van der Waals surface area contributed by atoms with Crippen molar-refractivity contribution in [3.63, 3.8) is 0 Å². The number of carbonyl (C=O) groups is 1. The summed E-state index contributed by atoms with van der Waals surface area (Å²) in [5.41, 5.74) is 0.0573. The van der Waals surface area contributed by atoms with E-state index in [1.165, 1.54) is 19.1 Å². The molecule has 0 saturated heterocycles. The van der Waals surface area contributed by atoms with Crippen LogP contribution in [0.2, 0.25) is 0 Å². The van der Waals surface area contributed by atoms with Crippen LogP contribution in [0.3, 0.4) is 0 Å². The third-order valence-corrected chi connectivity index (χ3v) is 2.44. The van der Waals surface area contributed by atoms with E-state index in [-0.39, 0.29) is 11.3 Å². The van der Waals surface area contributed by atoms with Gasteiger partial charge in [-0.1, -0.05) is 6.07 Å². The topological polar surface area (TPSA) is 89.5 Å². The van der Waals surface area contributed by atoms with Crippen LogP contribution >= 0.6 is 0 Å². The molecule has 0 saturated carbocycles. The molecular formula is C9H9FNO4S-. The molecule has 1 aromatic carbocycles. The Morgan fingerprint density at radius 3 is 2.69 bits per heavy atom. The van der Waals surface area contributed by atoms with Gasteiger partial charge in [0.15, 0.2) is 0 Å². The summed E-state index contributed by atoms with van der Waals surface area (Å²) in [5, 5.41) is 8.70. The molecule has 0 aliphatic carbocycles. The number of carboxylic acids is 1.